The van der Waals surface area contributed by atoms with Crippen LogP contribution in [-0.2, 0) is 20.2 Å². The normalized spacial score (nSPS) is 11.5. The first kappa shape index (κ1) is 33.6. The average Bonchev–Trinajstić information content (AvgIpc) is 2.72. The van der Waals surface area contributed by atoms with Gasteiger partial charge in [-0.05, 0) is 42.8 Å². The summed E-state index contributed by atoms with van der Waals surface area (Å²) in [6.07, 6.45) is 0. The van der Waals surface area contributed by atoms with E-state index in [0.29, 0.717) is 5.69 Å². The molecule has 3 rings (SSSR count). The number of nitrogens with zero attached hydrogens (tertiary/aromatic N) is 5. The number of azo groups is 1. The number of anilines is 4. The van der Waals surface area contributed by atoms with Crippen molar-refractivity contribution in [3.63, 3.8) is 0 Å². The van der Waals surface area contributed by atoms with E-state index in [1.165, 1.54) is 0 Å². The summed E-state index contributed by atoms with van der Waals surface area (Å²) in [5, 5.41) is 13.0. The van der Waals surface area contributed by atoms with Gasteiger partial charge in [-0.1, -0.05) is 17.7 Å². The zero-order valence-corrected chi connectivity index (χ0v) is 26.2. The van der Waals surface area contributed by atoms with Crippen molar-refractivity contribution in [2.45, 2.75) is 11.8 Å². The van der Waals surface area contributed by atoms with Crippen molar-refractivity contribution in [3.05, 3.63) is 47.2 Å². The van der Waals surface area contributed by atoms with E-state index in [2.05, 4.69) is 35.8 Å². The molecular weight excluding hydrogens is 570 g/mol. The maximum Gasteiger partial charge on any atom is 1.00 e. The first-order valence-corrected chi connectivity index (χ1v) is 12.9. The van der Waals surface area contributed by atoms with Crippen LogP contribution in [0.4, 0.5) is 34.6 Å². The predicted molar refractivity (Wildman–Crippen MR) is 125 cm³/mol. The van der Waals surface area contributed by atoms with Gasteiger partial charge in [-0.2, -0.15) is 20.1 Å². The van der Waals surface area contributed by atoms with Gasteiger partial charge >= 0.3 is 59.1 Å². The molecule has 1 aromatic heterocycles. The number of rotatable bonds is 9. The molecule has 0 aliphatic carbocycles. The largest absolute Gasteiger partial charge is 1.00 e. The topological polar surface area (TPSA) is 228 Å². The summed E-state index contributed by atoms with van der Waals surface area (Å²) >= 11 is 5.89. The monoisotopic (exact) mass is 586 g/mol. The van der Waals surface area contributed by atoms with Crippen molar-refractivity contribution in [3.8, 4) is 0 Å². The SMILES string of the molecule is Cc1ccc(N=Nc2cc(S(=O)(=O)[O-])c(N)cc2Nc2nc(Cl)nc(NCCS(=O)(=O)[O-])n2)cc1.[Na+].[Na+]. The number of hydrogen-bond donors (Lipinski definition) is 3. The van der Waals surface area contributed by atoms with Gasteiger partial charge in [0, 0.05) is 6.54 Å². The van der Waals surface area contributed by atoms with Gasteiger partial charge in [-0.25, -0.2) is 16.8 Å². The third-order valence-corrected chi connectivity index (χ3v) is 5.96. The first-order chi connectivity index (χ1) is 16.3. The van der Waals surface area contributed by atoms with Gasteiger partial charge < -0.3 is 25.5 Å². The second-order valence-electron chi connectivity index (χ2n) is 6.96. The van der Waals surface area contributed by atoms with Gasteiger partial charge in [-0.15, -0.1) is 5.11 Å². The Kier molecular flexibility index (Phi) is 12.8. The summed E-state index contributed by atoms with van der Waals surface area (Å²) in [7, 11) is -9.39. The zero-order valence-electron chi connectivity index (χ0n) is 19.8. The van der Waals surface area contributed by atoms with Gasteiger partial charge in [0.25, 0.3) is 0 Å². The summed E-state index contributed by atoms with van der Waals surface area (Å²) in [4.78, 5) is 10.9. The number of halogens is 1. The smallest absolute Gasteiger partial charge is 0.748 e. The molecule has 0 atom stereocenters. The molecule has 0 amide bonds. The summed E-state index contributed by atoms with van der Waals surface area (Å²) < 4.78 is 67.1. The van der Waals surface area contributed by atoms with Gasteiger partial charge in [-0.3, -0.25) is 0 Å². The molecule has 0 aliphatic heterocycles. The van der Waals surface area contributed by atoms with E-state index in [1.54, 1.807) is 24.3 Å². The molecule has 0 aliphatic rings. The fourth-order valence-corrected chi connectivity index (χ4v) is 3.72. The molecule has 4 N–H and O–H groups in total. The molecule has 37 heavy (non-hydrogen) atoms. The van der Waals surface area contributed by atoms with Gasteiger partial charge in [0.1, 0.15) is 15.8 Å². The third kappa shape index (κ3) is 10.7. The molecule has 0 radical (unpaired) electrons. The van der Waals surface area contributed by atoms with E-state index in [9.17, 15) is 25.9 Å². The molecule has 2 aromatic carbocycles. The van der Waals surface area contributed by atoms with Gasteiger partial charge in [0.05, 0.1) is 37.8 Å². The van der Waals surface area contributed by atoms with Crippen LogP contribution < -0.4 is 75.5 Å². The van der Waals surface area contributed by atoms with Crippen LogP contribution in [0.5, 0.6) is 0 Å². The fraction of sp³-hybridized carbons (Fsp3) is 0.167. The van der Waals surface area contributed by atoms with Crippen molar-refractivity contribution in [1.29, 1.82) is 0 Å². The van der Waals surface area contributed by atoms with Crippen LogP contribution in [-0.4, -0.2) is 53.2 Å². The van der Waals surface area contributed by atoms with E-state index in [0.717, 1.165) is 17.7 Å². The second-order valence-corrected chi connectivity index (χ2v) is 10.2. The molecule has 0 saturated heterocycles. The van der Waals surface area contributed by atoms with Crippen LogP contribution in [0.2, 0.25) is 5.28 Å². The first-order valence-electron chi connectivity index (χ1n) is 9.54. The van der Waals surface area contributed by atoms with E-state index >= 15 is 0 Å². The number of nitrogen functional groups attached to an aromatic ring is 1. The van der Waals surface area contributed by atoms with Crippen molar-refractivity contribution in [1.82, 2.24) is 15.0 Å². The number of nitrogens with one attached hydrogen (secondary N) is 2. The summed E-state index contributed by atoms with van der Waals surface area (Å²) in [5.74, 6) is -1.03. The number of nitrogens with two attached hydrogens (primary N) is 1. The van der Waals surface area contributed by atoms with Crippen LogP contribution in [0.3, 0.4) is 0 Å². The molecule has 3 aromatic rings. The van der Waals surface area contributed by atoms with Crippen molar-refractivity contribution >= 4 is 66.5 Å². The minimum absolute atomic E-state index is 0. The van der Waals surface area contributed by atoms with Crippen molar-refractivity contribution in [2.75, 3.05) is 28.7 Å². The summed E-state index contributed by atoms with van der Waals surface area (Å²) in [5.41, 5.74) is 6.81. The van der Waals surface area contributed by atoms with E-state index < -0.39 is 30.9 Å². The van der Waals surface area contributed by atoms with E-state index in [-0.39, 0.29) is 99.9 Å². The molecule has 14 nitrogen and oxygen atoms in total. The molecular formula is C18H17ClN8Na2O6S2. The Hall–Kier alpha value is -1.44. The number of hydrogen-bond acceptors (Lipinski definition) is 14. The Bertz CT molecular complexity index is 1490. The quantitative estimate of drug-likeness (QED) is 0.0957. The van der Waals surface area contributed by atoms with Crippen LogP contribution in [0.25, 0.3) is 0 Å². The number of aromatic nitrogens is 3. The van der Waals surface area contributed by atoms with Crippen molar-refractivity contribution < 1.29 is 85.1 Å². The molecule has 0 fully saturated rings. The van der Waals surface area contributed by atoms with E-state index in [4.69, 9.17) is 17.3 Å². The van der Waals surface area contributed by atoms with Crippen molar-refractivity contribution in [2.24, 2.45) is 10.2 Å². The Morgan fingerprint density at radius 1 is 0.973 bits per heavy atom. The minimum atomic E-state index is -4.92. The summed E-state index contributed by atoms with van der Waals surface area (Å²) in [6, 6.07) is 9.02. The second kappa shape index (κ2) is 14.1. The van der Waals surface area contributed by atoms with Crippen LogP contribution in [0, 0.1) is 6.92 Å². The molecule has 1 heterocycles. The summed E-state index contributed by atoms with van der Waals surface area (Å²) in [6.45, 7) is 1.60. The molecule has 0 spiro atoms. The Balaban J connectivity index is 0.00000342. The fourth-order valence-electron chi connectivity index (χ4n) is 2.60. The van der Waals surface area contributed by atoms with Crippen LogP contribution in [0.1, 0.15) is 5.56 Å². The molecule has 19 heteroatoms. The minimum Gasteiger partial charge on any atom is -0.748 e. The van der Waals surface area contributed by atoms with Crippen LogP contribution >= 0.6 is 11.6 Å². The Labute approximate surface area is 262 Å². The van der Waals surface area contributed by atoms with E-state index in [1.807, 2.05) is 6.92 Å². The molecule has 0 unspecified atom stereocenters. The zero-order chi connectivity index (χ0) is 25.8. The third-order valence-electron chi connectivity index (χ3n) is 4.19. The Morgan fingerprint density at radius 3 is 2.19 bits per heavy atom. The molecule has 0 bridgehead atoms. The van der Waals surface area contributed by atoms with Crippen LogP contribution in [0.15, 0.2) is 51.5 Å². The van der Waals surface area contributed by atoms with Gasteiger partial charge in [0.15, 0.2) is 0 Å². The number of aryl methyl sites for hydroxylation is 1. The molecule has 0 saturated carbocycles. The predicted octanol–water partition coefficient (Wildman–Crippen LogP) is -3.56. The number of benzene rings is 2. The maximum atomic E-state index is 11.6. The van der Waals surface area contributed by atoms with Gasteiger partial charge in [0.2, 0.25) is 17.2 Å². The molecule has 186 valence electrons. The Morgan fingerprint density at radius 2 is 1.59 bits per heavy atom. The maximum absolute atomic E-state index is 11.6. The standard InChI is InChI=1S/C18H19ClN8O6S2.2Na/c1-10-2-4-11(5-3-10)26-27-14-9-15(35(31,32)33)12(20)8-13(14)22-18-24-16(19)23-17(25-18)21-6-7-34(28,29)30;;/h2-5,8-9H,6-7,20H2,1H3,(H,28,29,30)(H,31,32,33)(H2,21,22,23,24,25);;/q;2*+1/p-2. The average molecular weight is 587 g/mol.